The zero-order valence-corrected chi connectivity index (χ0v) is 9.05. The standard InChI is InChI=1S/C10H12FN5/c1-7(10-15-12-6-16(10)2)13-9-5-3-4-8(11)14-9/h3-7H,1-2H3,(H,13,14). The first-order chi connectivity index (χ1) is 7.66. The van der Waals surface area contributed by atoms with Crippen molar-refractivity contribution in [2.45, 2.75) is 13.0 Å². The Morgan fingerprint density at radius 3 is 2.88 bits per heavy atom. The highest BCUT2D eigenvalue weighted by Gasteiger charge is 2.11. The van der Waals surface area contributed by atoms with Crippen molar-refractivity contribution in [1.29, 1.82) is 0 Å². The molecule has 5 nitrogen and oxygen atoms in total. The molecule has 1 N–H and O–H groups in total. The van der Waals surface area contributed by atoms with E-state index in [2.05, 4.69) is 20.5 Å². The third-order valence-electron chi connectivity index (χ3n) is 2.21. The molecule has 0 fully saturated rings. The van der Waals surface area contributed by atoms with Crippen LogP contribution >= 0.6 is 0 Å². The Labute approximate surface area is 92.3 Å². The van der Waals surface area contributed by atoms with Crippen LogP contribution in [-0.2, 0) is 7.05 Å². The smallest absolute Gasteiger partial charge is 0.214 e. The number of anilines is 1. The van der Waals surface area contributed by atoms with Crippen LogP contribution in [0.3, 0.4) is 0 Å². The molecule has 0 radical (unpaired) electrons. The summed E-state index contributed by atoms with van der Waals surface area (Å²) in [5.74, 6) is 0.747. The van der Waals surface area contributed by atoms with Gasteiger partial charge in [-0.05, 0) is 19.1 Å². The number of nitrogens with one attached hydrogen (secondary N) is 1. The second-order valence-electron chi connectivity index (χ2n) is 3.51. The van der Waals surface area contributed by atoms with Crippen molar-refractivity contribution < 1.29 is 4.39 Å². The highest BCUT2D eigenvalue weighted by molar-refractivity contribution is 5.35. The van der Waals surface area contributed by atoms with Crippen molar-refractivity contribution in [3.63, 3.8) is 0 Å². The molecule has 0 aliphatic heterocycles. The Balaban J connectivity index is 2.14. The number of aromatic nitrogens is 4. The lowest BCUT2D eigenvalue weighted by Crippen LogP contribution is -2.12. The van der Waals surface area contributed by atoms with Gasteiger partial charge in [-0.25, -0.2) is 4.98 Å². The lowest BCUT2D eigenvalue weighted by Gasteiger charge is -2.13. The molecule has 2 aromatic rings. The van der Waals surface area contributed by atoms with E-state index < -0.39 is 5.95 Å². The maximum Gasteiger partial charge on any atom is 0.214 e. The van der Waals surface area contributed by atoms with Gasteiger partial charge in [0, 0.05) is 7.05 Å². The number of rotatable bonds is 3. The summed E-state index contributed by atoms with van der Waals surface area (Å²) in [5.41, 5.74) is 0. The first-order valence-electron chi connectivity index (χ1n) is 4.90. The van der Waals surface area contributed by atoms with Gasteiger partial charge in [-0.15, -0.1) is 10.2 Å². The number of aryl methyl sites for hydroxylation is 1. The molecule has 0 saturated carbocycles. The van der Waals surface area contributed by atoms with Gasteiger partial charge in [0.05, 0.1) is 6.04 Å². The fourth-order valence-corrected chi connectivity index (χ4v) is 1.46. The van der Waals surface area contributed by atoms with E-state index in [1.165, 1.54) is 6.07 Å². The van der Waals surface area contributed by atoms with Crippen LogP contribution in [0.4, 0.5) is 10.2 Å². The fourth-order valence-electron chi connectivity index (χ4n) is 1.46. The summed E-state index contributed by atoms with van der Waals surface area (Å²) >= 11 is 0. The Morgan fingerprint density at radius 2 is 2.25 bits per heavy atom. The van der Waals surface area contributed by atoms with Gasteiger partial charge in [0.15, 0.2) is 5.82 Å². The second kappa shape index (κ2) is 4.26. The van der Waals surface area contributed by atoms with Crippen molar-refractivity contribution in [3.8, 4) is 0 Å². The molecule has 0 aromatic carbocycles. The minimum Gasteiger partial charge on any atom is -0.360 e. The molecule has 1 unspecified atom stereocenters. The molecule has 16 heavy (non-hydrogen) atoms. The van der Waals surface area contributed by atoms with Crippen LogP contribution < -0.4 is 5.32 Å². The third-order valence-corrected chi connectivity index (χ3v) is 2.21. The third kappa shape index (κ3) is 2.16. The normalized spacial score (nSPS) is 12.4. The lowest BCUT2D eigenvalue weighted by molar-refractivity contribution is 0.583. The van der Waals surface area contributed by atoms with E-state index in [4.69, 9.17) is 0 Å². The molecule has 84 valence electrons. The summed E-state index contributed by atoms with van der Waals surface area (Å²) in [6, 6.07) is 4.53. The molecule has 0 saturated heterocycles. The molecule has 0 amide bonds. The second-order valence-corrected chi connectivity index (χ2v) is 3.51. The summed E-state index contributed by atoms with van der Waals surface area (Å²) in [6.07, 6.45) is 1.62. The highest BCUT2D eigenvalue weighted by Crippen LogP contribution is 2.14. The van der Waals surface area contributed by atoms with Crippen LogP contribution in [-0.4, -0.2) is 19.7 Å². The molecule has 0 aliphatic carbocycles. The average Bonchev–Trinajstić information content (AvgIpc) is 2.64. The van der Waals surface area contributed by atoms with Crippen LogP contribution in [0.15, 0.2) is 24.5 Å². The van der Waals surface area contributed by atoms with E-state index in [1.807, 2.05) is 14.0 Å². The number of nitrogens with zero attached hydrogens (tertiary/aromatic N) is 4. The largest absolute Gasteiger partial charge is 0.360 e. The molecule has 1 atom stereocenters. The van der Waals surface area contributed by atoms with E-state index in [0.717, 1.165) is 5.82 Å². The number of hydrogen-bond acceptors (Lipinski definition) is 4. The van der Waals surface area contributed by atoms with Crippen molar-refractivity contribution in [3.05, 3.63) is 36.3 Å². The zero-order valence-electron chi connectivity index (χ0n) is 9.05. The SMILES string of the molecule is CC(Nc1cccc(F)n1)c1nncn1C. The number of hydrogen-bond donors (Lipinski definition) is 1. The number of pyridine rings is 1. The molecular formula is C10H12FN5. The Kier molecular flexibility index (Phi) is 2.80. The molecule has 0 bridgehead atoms. The van der Waals surface area contributed by atoms with E-state index in [9.17, 15) is 4.39 Å². The van der Waals surface area contributed by atoms with E-state index in [0.29, 0.717) is 5.82 Å². The van der Waals surface area contributed by atoms with Gasteiger partial charge in [-0.1, -0.05) is 6.07 Å². The molecule has 2 rings (SSSR count). The predicted octanol–water partition coefficient (Wildman–Crippen LogP) is 1.52. The van der Waals surface area contributed by atoms with Crippen molar-refractivity contribution in [1.82, 2.24) is 19.7 Å². The monoisotopic (exact) mass is 221 g/mol. The Hall–Kier alpha value is -1.98. The van der Waals surface area contributed by atoms with Crippen LogP contribution in [0.1, 0.15) is 18.8 Å². The number of halogens is 1. The van der Waals surface area contributed by atoms with E-state index >= 15 is 0 Å². The van der Waals surface area contributed by atoms with Crippen molar-refractivity contribution >= 4 is 5.82 Å². The van der Waals surface area contributed by atoms with Gasteiger partial charge >= 0.3 is 0 Å². The minimum atomic E-state index is -0.504. The quantitative estimate of drug-likeness (QED) is 0.798. The summed E-state index contributed by atoms with van der Waals surface area (Å²) in [5, 5.41) is 10.8. The summed E-state index contributed by atoms with van der Waals surface area (Å²) in [7, 11) is 1.85. The van der Waals surface area contributed by atoms with Crippen molar-refractivity contribution in [2.24, 2.45) is 7.05 Å². The van der Waals surface area contributed by atoms with Crippen LogP contribution in [0.5, 0.6) is 0 Å². The topological polar surface area (TPSA) is 55.6 Å². The van der Waals surface area contributed by atoms with Crippen molar-refractivity contribution in [2.75, 3.05) is 5.32 Å². The molecular weight excluding hydrogens is 209 g/mol. The van der Waals surface area contributed by atoms with Gasteiger partial charge in [0.1, 0.15) is 12.1 Å². The minimum absolute atomic E-state index is 0.0817. The van der Waals surface area contributed by atoms with Gasteiger partial charge in [0.2, 0.25) is 5.95 Å². The first kappa shape index (κ1) is 10.5. The van der Waals surface area contributed by atoms with E-state index in [-0.39, 0.29) is 6.04 Å². The van der Waals surface area contributed by atoms with Crippen LogP contribution in [0.2, 0.25) is 0 Å². The van der Waals surface area contributed by atoms with Gasteiger partial charge in [-0.2, -0.15) is 4.39 Å². The van der Waals surface area contributed by atoms with Gasteiger partial charge in [0.25, 0.3) is 0 Å². The lowest BCUT2D eigenvalue weighted by atomic mass is 10.3. The zero-order chi connectivity index (χ0) is 11.5. The van der Waals surface area contributed by atoms with Gasteiger partial charge in [-0.3, -0.25) is 0 Å². The molecule has 2 aromatic heterocycles. The maximum atomic E-state index is 12.9. The molecule has 0 spiro atoms. The van der Waals surface area contributed by atoms with Crippen LogP contribution in [0.25, 0.3) is 0 Å². The van der Waals surface area contributed by atoms with Gasteiger partial charge < -0.3 is 9.88 Å². The van der Waals surface area contributed by atoms with E-state index in [1.54, 1.807) is 23.0 Å². The summed E-state index contributed by atoms with van der Waals surface area (Å²) in [6.45, 7) is 1.91. The predicted molar refractivity (Wildman–Crippen MR) is 57.2 cm³/mol. The summed E-state index contributed by atoms with van der Waals surface area (Å²) < 4.78 is 14.7. The molecule has 6 heteroatoms. The fraction of sp³-hybridized carbons (Fsp3) is 0.300. The Bertz CT molecular complexity index is 482. The molecule has 0 aliphatic rings. The molecule has 2 heterocycles. The average molecular weight is 221 g/mol. The Morgan fingerprint density at radius 1 is 1.44 bits per heavy atom. The highest BCUT2D eigenvalue weighted by atomic mass is 19.1. The first-order valence-corrected chi connectivity index (χ1v) is 4.90. The van der Waals surface area contributed by atoms with Crippen LogP contribution in [0, 0.1) is 5.95 Å². The maximum absolute atomic E-state index is 12.9. The summed E-state index contributed by atoms with van der Waals surface area (Å²) in [4.78, 5) is 3.72.